The first-order valence-corrected chi connectivity index (χ1v) is 10.9. The molecule has 1 heterocycles. The third kappa shape index (κ3) is 4.63. The number of sulfonamides is 1. The van der Waals surface area contributed by atoms with Gasteiger partial charge in [-0.05, 0) is 49.2 Å². The van der Waals surface area contributed by atoms with Crippen LogP contribution in [0.2, 0.25) is 0 Å². The number of nitrogens with zero attached hydrogens (tertiary/aromatic N) is 1. The third-order valence-corrected chi connectivity index (χ3v) is 6.92. The standard InChI is InChI=1S/C21H24N2O6S/c1-28-16-9-11-17(12-10-16)30(26,27)23-13-5-6-15(14-23)20(24)22-19-8-4-3-7-18(19)21(25)29-2/h3-4,7-12,15H,5-6,13-14H2,1-2H3,(H,22,24)/t15-/m0/s1. The van der Waals surface area contributed by atoms with E-state index in [0.29, 0.717) is 30.8 Å². The number of rotatable bonds is 6. The molecule has 160 valence electrons. The van der Waals surface area contributed by atoms with Crippen molar-refractivity contribution in [2.45, 2.75) is 17.7 Å². The van der Waals surface area contributed by atoms with Gasteiger partial charge in [-0.2, -0.15) is 4.31 Å². The number of methoxy groups -OCH3 is 2. The molecule has 1 fully saturated rings. The molecule has 0 aliphatic carbocycles. The van der Waals surface area contributed by atoms with E-state index in [1.807, 2.05) is 0 Å². The molecule has 30 heavy (non-hydrogen) atoms. The Bertz CT molecular complexity index is 1020. The second-order valence-corrected chi connectivity index (χ2v) is 8.84. The number of anilines is 1. The Hall–Kier alpha value is -2.91. The predicted molar refractivity (Wildman–Crippen MR) is 111 cm³/mol. The predicted octanol–water partition coefficient (Wildman–Crippen LogP) is 2.52. The molecule has 2 aromatic rings. The molecule has 1 saturated heterocycles. The topological polar surface area (TPSA) is 102 Å². The monoisotopic (exact) mass is 432 g/mol. The molecule has 0 saturated carbocycles. The van der Waals surface area contributed by atoms with Crippen molar-refractivity contribution in [3.05, 3.63) is 54.1 Å². The first kappa shape index (κ1) is 21.8. The van der Waals surface area contributed by atoms with Crippen LogP contribution < -0.4 is 10.1 Å². The fourth-order valence-corrected chi connectivity index (χ4v) is 4.91. The molecule has 0 aromatic heterocycles. The fourth-order valence-electron chi connectivity index (χ4n) is 3.39. The molecule has 0 unspecified atom stereocenters. The molecule has 1 atom stereocenters. The van der Waals surface area contributed by atoms with Gasteiger partial charge in [0.15, 0.2) is 0 Å². The molecule has 2 aromatic carbocycles. The maximum atomic E-state index is 13.0. The summed E-state index contributed by atoms with van der Waals surface area (Å²) in [5, 5.41) is 2.74. The molecule has 3 rings (SSSR count). The van der Waals surface area contributed by atoms with Gasteiger partial charge in [-0.1, -0.05) is 12.1 Å². The number of carbonyl (C=O) groups excluding carboxylic acids is 2. The molecule has 8 nitrogen and oxygen atoms in total. The third-order valence-electron chi connectivity index (χ3n) is 5.04. The second kappa shape index (κ2) is 9.27. The van der Waals surface area contributed by atoms with Crippen LogP contribution in [0.1, 0.15) is 23.2 Å². The molecule has 1 aliphatic rings. The van der Waals surface area contributed by atoms with Crippen LogP contribution in [-0.4, -0.2) is 51.9 Å². The Morgan fingerprint density at radius 3 is 2.43 bits per heavy atom. The summed E-state index contributed by atoms with van der Waals surface area (Å²) in [5.41, 5.74) is 0.580. The molecule has 1 N–H and O–H groups in total. The molecular formula is C21H24N2O6S. The number of hydrogen-bond donors (Lipinski definition) is 1. The van der Waals surface area contributed by atoms with Crippen molar-refractivity contribution >= 4 is 27.6 Å². The van der Waals surface area contributed by atoms with E-state index in [1.165, 1.54) is 30.7 Å². The molecule has 9 heteroatoms. The van der Waals surface area contributed by atoms with E-state index in [0.717, 1.165) is 0 Å². The molecule has 0 bridgehead atoms. The zero-order valence-electron chi connectivity index (χ0n) is 16.8. The van der Waals surface area contributed by atoms with Gasteiger partial charge in [0.05, 0.1) is 36.3 Å². The number of esters is 1. The number of amides is 1. The highest BCUT2D eigenvalue weighted by atomic mass is 32.2. The zero-order valence-corrected chi connectivity index (χ0v) is 17.6. The lowest BCUT2D eigenvalue weighted by Crippen LogP contribution is -2.43. The largest absolute Gasteiger partial charge is 0.497 e. The van der Waals surface area contributed by atoms with Crippen LogP contribution in [-0.2, 0) is 19.6 Å². The summed E-state index contributed by atoms with van der Waals surface area (Å²) >= 11 is 0. The quantitative estimate of drug-likeness (QED) is 0.704. The van der Waals surface area contributed by atoms with E-state index in [-0.39, 0.29) is 22.9 Å². The lowest BCUT2D eigenvalue weighted by molar-refractivity contribution is -0.120. The van der Waals surface area contributed by atoms with Gasteiger partial charge in [-0.15, -0.1) is 0 Å². The van der Waals surface area contributed by atoms with Crippen molar-refractivity contribution in [2.75, 3.05) is 32.6 Å². The van der Waals surface area contributed by atoms with Gasteiger partial charge in [-0.3, -0.25) is 4.79 Å². The van der Waals surface area contributed by atoms with Gasteiger partial charge in [0.25, 0.3) is 0 Å². The van der Waals surface area contributed by atoms with Gasteiger partial charge in [-0.25, -0.2) is 13.2 Å². The van der Waals surface area contributed by atoms with E-state index < -0.39 is 21.9 Å². The summed E-state index contributed by atoms with van der Waals surface area (Å²) in [5.74, 6) is -0.856. The summed E-state index contributed by atoms with van der Waals surface area (Å²) in [4.78, 5) is 24.9. The zero-order chi connectivity index (χ0) is 21.7. The van der Waals surface area contributed by atoms with E-state index in [9.17, 15) is 18.0 Å². The second-order valence-electron chi connectivity index (χ2n) is 6.90. The van der Waals surface area contributed by atoms with Crippen LogP contribution in [0.3, 0.4) is 0 Å². The summed E-state index contributed by atoms with van der Waals surface area (Å²) in [7, 11) is -0.951. The van der Waals surface area contributed by atoms with E-state index in [1.54, 1.807) is 36.4 Å². The SMILES string of the molecule is COC(=O)c1ccccc1NC(=O)[C@H]1CCCN(S(=O)(=O)c2ccc(OC)cc2)C1. The number of ether oxygens (including phenoxy) is 2. The highest BCUT2D eigenvalue weighted by Crippen LogP contribution is 2.26. The lowest BCUT2D eigenvalue weighted by atomic mass is 9.98. The Labute approximate surface area is 175 Å². The molecular weight excluding hydrogens is 408 g/mol. The maximum Gasteiger partial charge on any atom is 0.339 e. The van der Waals surface area contributed by atoms with E-state index in [2.05, 4.69) is 5.32 Å². The number of hydrogen-bond acceptors (Lipinski definition) is 6. The number of benzene rings is 2. The van der Waals surface area contributed by atoms with Gasteiger partial charge >= 0.3 is 5.97 Å². The van der Waals surface area contributed by atoms with Crippen molar-refractivity contribution in [1.29, 1.82) is 0 Å². The minimum Gasteiger partial charge on any atom is -0.497 e. The Morgan fingerprint density at radius 1 is 1.07 bits per heavy atom. The van der Waals surface area contributed by atoms with Crippen LogP contribution in [0.5, 0.6) is 5.75 Å². The van der Waals surface area contributed by atoms with Crippen LogP contribution in [0.4, 0.5) is 5.69 Å². The molecule has 1 amide bonds. The lowest BCUT2D eigenvalue weighted by Gasteiger charge is -2.31. The van der Waals surface area contributed by atoms with Crippen molar-refractivity contribution in [3.63, 3.8) is 0 Å². The average Bonchev–Trinajstić information content (AvgIpc) is 2.79. The van der Waals surface area contributed by atoms with Crippen molar-refractivity contribution in [1.82, 2.24) is 4.31 Å². The van der Waals surface area contributed by atoms with Crippen molar-refractivity contribution < 1.29 is 27.5 Å². The number of nitrogens with one attached hydrogen (secondary N) is 1. The normalized spacial score (nSPS) is 17.2. The minimum atomic E-state index is -3.73. The van der Waals surface area contributed by atoms with E-state index in [4.69, 9.17) is 9.47 Å². The first-order chi connectivity index (χ1) is 14.4. The number of carbonyl (C=O) groups is 2. The van der Waals surface area contributed by atoms with Crippen LogP contribution in [0, 0.1) is 5.92 Å². The Kier molecular flexibility index (Phi) is 6.73. The van der Waals surface area contributed by atoms with Gasteiger partial charge in [0, 0.05) is 13.1 Å². The summed E-state index contributed by atoms with van der Waals surface area (Å²) in [6, 6.07) is 12.7. The summed E-state index contributed by atoms with van der Waals surface area (Å²) in [6.45, 7) is 0.414. The van der Waals surface area contributed by atoms with Crippen molar-refractivity contribution in [3.8, 4) is 5.75 Å². The number of piperidine rings is 1. The van der Waals surface area contributed by atoms with Gasteiger partial charge in [0.1, 0.15) is 5.75 Å². The minimum absolute atomic E-state index is 0.0700. The fraction of sp³-hybridized carbons (Fsp3) is 0.333. The maximum absolute atomic E-state index is 13.0. The summed E-state index contributed by atoms with van der Waals surface area (Å²) < 4.78 is 37.1. The van der Waals surface area contributed by atoms with Gasteiger partial charge in [0.2, 0.25) is 15.9 Å². The van der Waals surface area contributed by atoms with Crippen LogP contribution >= 0.6 is 0 Å². The summed E-state index contributed by atoms with van der Waals surface area (Å²) in [6.07, 6.45) is 1.12. The van der Waals surface area contributed by atoms with Crippen LogP contribution in [0.25, 0.3) is 0 Å². The first-order valence-electron chi connectivity index (χ1n) is 9.49. The highest BCUT2D eigenvalue weighted by molar-refractivity contribution is 7.89. The average molecular weight is 432 g/mol. The molecule has 0 spiro atoms. The molecule has 1 aliphatic heterocycles. The van der Waals surface area contributed by atoms with Crippen molar-refractivity contribution in [2.24, 2.45) is 5.92 Å². The Balaban J connectivity index is 1.74. The highest BCUT2D eigenvalue weighted by Gasteiger charge is 2.33. The van der Waals surface area contributed by atoms with Crippen LogP contribution in [0.15, 0.2) is 53.4 Å². The number of para-hydroxylation sites is 1. The van der Waals surface area contributed by atoms with E-state index >= 15 is 0 Å². The van der Waals surface area contributed by atoms with Gasteiger partial charge < -0.3 is 14.8 Å². The smallest absolute Gasteiger partial charge is 0.339 e. The Morgan fingerprint density at radius 2 is 1.77 bits per heavy atom. The molecule has 0 radical (unpaired) electrons.